The SMILES string of the molecule is CC(=O)C1CCN(C(=O)CC(C)(C)CON(C)CNC(=O)CCN2C(=O)C=CC2=O)CC1. The second-order valence-corrected chi connectivity index (χ2v) is 9.18. The standard InChI is InChI=1S/C22H34N4O6/c1-16(27)17-7-10-25(11-8-17)21(31)13-22(2,3)14-32-24(4)15-23-18(28)9-12-26-19(29)5-6-20(26)30/h5-6,17H,7-15H2,1-4H3,(H,23,28). The maximum Gasteiger partial charge on any atom is 0.253 e. The monoisotopic (exact) mass is 450 g/mol. The first kappa shape index (κ1) is 25.7. The molecule has 0 unspecified atom stereocenters. The molecule has 4 amide bonds. The van der Waals surface area contributed by atoms with Gasteiger partial charge < -0.3 is 10.2 Å². The minimum atomic E-state index is -0.414. The van der Waals surface area contributed by atoms with Crippen LogP contribution in [0.25, 0.3) is 0 Å². The van der Waals surface area contributed by atoms with Gasteiger partial charge in [-0.2, -0.15) is 5.06 Å². The van der Waals surface area contributed by atoms with Gasteiger partial charge >= 0.3 is 0 Å². The summed E-state index contributed by atoms with van der Waals surface area (Å²) in [5.74, 6) is -0.830. The molecule has 1 saturated heterocycles. The van der Waals surface area contributed by atoms with Gasteiger partial charge in [0.25, 0.3) is 11.8 Å². The van der Waals surface area contributed by atoms with Crippen molar-refractivity contribution in [3.05, 3.63) is 12.2 Å². The van der Waals surface area contributed by atoms with E-state index in [0.717, 1.165) is 17.7 Å². The van der Waals surface area contributed by atoms with E-state index in [1.807, 2.05) is 18.7 Å². The van der Waals surface area contributed by atoms with Crippen LogP contribution in [0, 0.1) is 11.3 Å². The molecule has 2 aliphatic heterocycles. The van der Waals surface area contributed by atoms with Crippen LogP contribution in [-0.4, -0.2) is 84.2 Å². The summed E-state index contributed by atoms with van der Waals surface area (Å²) in [6.45, 7) is 7.15. The zero-order valence-corrected chi connectivity index (χ0v) is 19.4. The predicted octanol–water partition coefficient (Wildman–Crippen LogP) is 0.483. The van der Waals surface area contributed by atoms with Gasteiger partial charge in [-0.15, -0.1) is 0 Å². The molecule has 1 fully saturated rings. The Labute approximate surface area is 188 Å². The molecule has 10 nitrogen and oxygen atoms in total. The maximum atomic E-state index is 12.6. The fourth-order valence-electron chi connectivity index (χ4n) is 3.59. The van der Waals surface area contributed by atoms with E-state index in [2.05, 4.69) is 5.32 Å². The highest BCUT2D eigenvalue weighted by atomic mass is 16.7. The Morgan fingerprint density at radius 1 is 1.16 bits per heavy atom. The number of nitrogens with one attached hydrogen (secondary N) is 1. The van der Waals surface area contributed by atoms with E-state index in [0.29, 0.717) is 19.5 Å². The van der Waals surface area contributed by atoms with E-state index in [9.17, 15) is 24.0 Å². The Hall–Kier alpha value is -2.59. The average Bonchev–Trinajstić information content (AvgIpc) is 3.06. The van der Waals surface area contributed by atoms with Gasteiger partial charge in [-0.1, -0.05) is 13.8 Å². The van der Waals surface area contributed by atoms with Gasteiger partial charge in [-0.25, -0.2) is 0 Å². The van der Waals surface area contributed by atoms with Crippen LogP contribution < -0.4 is 5.32 Å². The quantitative estimate of drug-likeness (QED) is 0.276. The fraction of sp³-hybridized carbons (Fsp3) is 0.682. The first-order valence-corrected chi connectivity index (χ1v) is 10.9. The molecule has 178 valence electrons. The zero-order chi connectivity index (χ0) is 23.9. The van der Waals surface area contributed by atoms with Crippen LogP contribution in [0.2, 0.25) is 0 Å². The van der Waals surface area contributed by atoms with Crippen LogP contribution in [0.4, 0.5) is 0 Å². The molecule has 0 aromatic carbocycles. The summed E-state index contributed by atoms with van der Waals surface area (Å²) in [6, 6.07) is 0. The Morgan fingerprint density at radius 3 is 2.31 bits per heavy atom. The number of carbonyl (C=O) groups excluding carboxylic acids is 5. The Bertz CT molecular complexity index is 752. The van der Waals surface area contributed by atoms with E-state index < -0.39 is 17.2 Å². The van der Waals surface area contributed by atoms with Gasteiger partial charge in [0.05, 0.1) is 13.3 Å². The summed E-state index contributed by atoms with van der Waals surface area (Å²) in [4.78, 5) is 67.6. The van der Waals surface area contributed by atoms with Crippen LogP contribution in [0.3, 0.4) is 0 Å². The van der Waals surface area contributed by atoms with Crippen molar-refractivity contribution in [3.63, 3.8) is 0 Å². The summed E-state index contributed by atoms with van der Waals surface area (Å²) < 4.78 is 0. The minimum Gasteiger partial charge on any atom is -0.343 e. The number of hydrogen-bond acceptors (Lipinski definition) is 7. The second kappa shape index (κ2) is 11.3. The van der Waals surface area contributed by atoms with Crippen molar-refractivity contribution in [2.45, 2.75) is 46.5 Å². The van der Waals surface area contributed by atoms with Crippen molar-refractivity contribution >= 4 is 29.4 Å². The van der Waals surface area contributed by atoms with Gasteiger partial charge in [0.1, 0.15) is 5.78 Å². The number of piperidine rings is 1. The fourth-order valence-corrected chi connectivity index (χ4v) is 3.59. The summed E-state index contributed by atoms with van der Waals surface area (Å²) in [6.07, 6.45) is 4.14. The minimum absolute atomic E-state index is 0.00726. The molecule has 1 N–H and O–H groups in total. The zero-order valence-electron chi connectivity index (χ0n) is 19.4. The normalized spacial score (nSPS) is 17.4. The smallest absolute Gasteiger partial charge is 0.253 e. The van der Waals surface area contributed by atoms with E-state index in [4.69, 9.17) is 4.84 Å². The lowest BCUT2D eigenvalue weighted by Gasteiger charge is -2.34. The Kier molecular flexibility index (Phi) is 9.09. The van der Waals surface area contributed by atoms with Crippen molar-refractivity contribution in [3.8, 4) is 0 Å². The van der Waals surface area contributed by atoms with E-state index >= 15 is 0 Å². The highest BCUT2D eigenvalue weighted by Gasteiger charge is 2.30. The summed E-state index contributed by atoms with van der Waals surface area (Å²) in [5.41, 5.74) is -0.406. The molecule has 0 atom stereocenters. The largest absolute Gasteiger partial charge is 0.343 e. The number of hydroxylamine groups is 2. The molecular weight excluding hydrogens is 416 g/mol. The molecule has 0 saturated carbocycles. The number of nitrogens with zero attached hydrogens (tertiary/aromatic N) is 3. The number of imide groups is 1. The summed E-state index contributed by atoms with van der Waals surface area (Å²) in [5, 5.41) is 4.14. The van der Waals surface area contributed by atoms with Gasteiger partial charge in [0, 0.05) is 57.6 Å². The van der Waals surface area contributed by atoms with Crippen molar-refractivity contribution < 1.29 is 28.8 Å². The van der Waals surface area contributed by atoms with Crippen molar-refractivity contribution in [1.29, 1.82) is 0 Å². The van der Waals surface area contributed by atoms with Gasteiger partial charge in [0.15, 0.2) is 0 Å². The van der Waals surface area contributed by atoms with Crippen LogP contribution in [0.1, 0.15) is 46.5 Å². The number of carbonyl (C=O) groups is 5. The molecule has 0 aliphatic carbocycles. The lowest BCUT2D eigenvalue weighted by atomic mass is 9.88. The molecule has 0 spiro atoms. The Balaban J connectivity index is 1.64. The van der Waals surface area contributed by atoms with Crippen molar-refractivity contribution in [2.24, 2.45) is 11.3 Å². The van der Waals surface area contributed by atoms with Crippen molar-refractivity contribution in [2.75, 3.05) is 40.0 Å². The van der Waals surface area contributed by atoms with Gasteiger partial charge in [-0.05, 0) is 25.2 Å². The highest BCUT2D eigenvalue weighted by Crippen LogP contribution is 2.25. The number of Topliss-reactive ketones (excluding diaryl/α,β-unsaturated/α-hetero) is 1. The van der Waals surface area contributed by atoms with Crippen molar-refractivity contribution in [1.82, 2.24) is 20.2 Å². The molecule has 2 heterocycles. The molecule has 0 aromatic rings. The lowest BCUT2D eigenvalue weighted by molar-refractivity contribution is -0.172. The van der Waals surface area contributed by atoms with Crippen LogP contribution >= 0.6 is 0 Å². The molecule has 2 rings (SSSR count). The molecule has 10 heteroatoms. The third-order valence-electron chi connectivity index (χ3n) is 5.69. The summed E-state index contributed by atoms with van der Waals surface area (Å²) in [7, 11) is 1.67. The van der Waals surface area contributed by atoms with Crippen LogP contribution in [-0.2, 0) is 28.8 Å². The first-order valence-electron chi connectivity index (χ1n) is 10.9. The predicted molar refractivity (Wildman–Crippen MR) is 116 cm³/mol. The summed E-state index contributed by atoms with van der Waals surface area (Å²) >= 11 is 0. The molecular formula is C22H34N4O6. The number of likely N-dealkylation sites (tertiary alicyclic amines) is 1. The van der Waals surface area contributed by atoms with Gasteiger partial charge in [0.2, 0.25) is 11.8 Å². The second-order valence-electron chi connectivity index (χ2n) is 9.18. The third kappa shape index (κ3) is 7.83. The van der Waals surface area contributed by atoms with Crippen LogP contribution in [0.5, 0.6) is 0 Å². The van der Waals surface area contributed by atoms with Gasteiger partial charge in [-0.3, -0.25) is 33.7 Å². The third-order valence-corrected chi connectivity index (χ3v) is 5.69. The molecule has 0 bridgehead atoms. The molecule has 32 heavy (non-hydrogen) atoms. The molecule has 2 aliphatic rings. The average molecular weight is 451 g/mol. The van der Waals surface area contributed by atoms with E-state index in [1.54, 1.807) is 14.0 Å². The number of rotatable bonds is 11. The molecule has 0 radical (unpaired) electrons. The Morgan fingerprint density at radius 2 is 1.75 bits per heavy atom. The lowest BCUT2D eigenvalue weighted by Crippen LogP contribution is -2.43. The number of hydrogen-bond donors (Lipinski definition) is 1. The number of ketones is 1. The highest BCUT2D eigenvalue weighted by molar-refractivity contribution is 6.13. The maximum absolute atomic E-state index is 12.6. The van der Waals surface area contributed by atoms with E-state index in [1.165, 1.54) is 17.2 Å². The van der Waals surface area contributed by atoms with E-state index in [-0.39, 0.29) is 49.8 Å². The number of amides is 4. The molecule has 0 aromatic heterocycles. The first-order chi connectivity index (χ1) is 15.0. The topological polar surface area (TPSA) is 116 Å². The van der Waals surface area contributed by atoms with Crippen LogP contribution in [0.15, 0.2) is 12.2 Å².